The second kappa shape index (κ2) is 7.46. The molecule has 2 nitrogen and oxygen atoms in total. The van der Waals surface area contributed by atoms with Crippen LogP contribution in [0.5, 0.6) is 0 Å². The summed E-state index contributed by atoms with van der Waals surface area (Å²) in [6, 6.07) is 11.2. The number of piperidine rings is 1. The molecule has 1 heterocycles. The predicted octanol–water partition coefficient (Wildman–Crippen LogP) is 2.78. The highest BCUT2D eigenvalue weighted by Crippen LogP contribution is 2.10. The summed E-state index contributed by atoms with van der Waals surface area (Å²) in [5, 5.41) is 3.55. The molecule has 0 bridgehead atoms. The highest BCUT2D eigenvalue weighted by molar-refractivity contribution is 5.14. The Bertz CT molecular complexity index is 293. The van der Waals surface area contributed by atoms with Crippen LogP contribution < -0.4 is 5.32 Å². The molecule has 1 fully saturated rings. The highest BCUT2D eigenvalue weighted by atomic mass is 16.5. The number of ether oxygens (including phenoxy) is 1. The molecule has 1 aromatic rings. The third-order valence-electron chi connectivity index (χ3n) is 3.40. The van der Waals surface area contributed by atoms with Crippen molar-refractivity contribution in [3.8, 4) is 0 Å². The van der Waals surface area contributed by atoms with Crippen LogP contribution in [0.15, 0.2) is 30.3 Å². The molecule has 1 unspecified atom stereocenters. The fraction of sp³-hybridized carbons (Fsp3) is 0.600. The third kappa shape index (κ3) is 4.88. The summed E-state index contributed by atoms with van der Waals surface area (Å²) in [6.45, 7) is 2.93. The summed E-state index contributed by atoms with van der Waals surface area (Å²) in [7, 11) is 0. The zero-order valence-corrected chi connectivity index (χ0v) is 10.5. The summed E-state index contributed by atoms with van der Waals surface area (Å²) in [5.41, 5.74) is 1.36. The van der Waals surface area contributed by atoms with Gasteiger partial charge in [-0.25, -0.2) is 0 Å². The molecule has 2 heteroatoms. The summed E-state index contributed by atoms with van der Waals surface area (Å²) >= 11 is 0. The summed E-state index contributed by atoms with van der Waals surface area (Å²) < 4.78 is 5.70. The Balaban J connectivity index is 1.51. The average Bonchev–Trinajstić information content (AvgIpc) is 2.41. The van der Waals surface area contributed by atoms with E-state index in [1.165, 1.54) is 31.4 Å². The molecule has 1 N–H and O–H groups in total. The first-order valence-electron chi connectivity index (χ1n) is 6.80. The van der Waals surface area contributed by atoms with Crippen molar-refractivity contribution in [2.45, 2.75) is 38.1 Å². The summed E-state index contributed by atoms with van der Waals surface area (Å²) in [5.74, 6) is 0. The first-order valence-corrected chi connectivity index (χ1v) is 6.80. The number of hydrogen-bond acceptors (Lipinski definition) is 2. The number of nitrogens with one attached hydrogen (secondary N) is 1. The van der Waals surface area contributed by atoms with Gasteiger partial charge in [-0.05, 0) is 37.8 Å². The van der Waals surface area contributed by atoms with Crippen molar-refractivity contribution in [1.82, 2.24) is 5.32 Å². The Morgan fingerprint density at radius 1 is 1.12 bits per heavy atom. The second-order valence-electron chi connectivity index (χ2n) is 4.78. The fourth-order valence-corrected chi connectivity index (χ4v) is 2.33. The van der Waals surface area contributed by atoms with E-state index in [0.717, 1.165) is 26.1 Å². The van der Waals surface area contributed by atoms with Crippen LogP contribution in [-0.4, -0.2) is 25.8 Å². The zero-order chi connectivity index (χ0) is 11.8. The zero-order valence-electron chi connectivity index (χ0n) is 10.5. The van der Waals surface area contributed by atoms with Crippen molar-refractivity contribution in [2.24, 2.45) is 0 Å². The minimum Gasteiger partial charge on any atom is -0.381 e. The van der Waals surface area contributed by atoms with Gasteiger partial charge in [0.15, 0.2) is 0 Å². The summed E-state index contributed by atoms with van der Waals surface area (Å²) in [4.78, 5) is 0. The lowest BCUT2D eigenvalue weighted by Gasteiger charge is -2.23. The van der Waals surface area contributed by atoms with Crippen LogP contribution in [-0.2, 0) is 11.2 Å². The Kier molecular flexibility index (Phi) is 5.53. The predicted molar refractivity (Wildman–Crippen MR) is 71.2 cm³/mol. The van der Waals surface area contributed by atoms with Gasteiger partial charge < -0.3 is 10.1 Å². The molecule has 0 amide bonds. The third-order valence-corrected chi connectivity index (χ3v) is 3.40. The molecule has 1 aliphatic rings. The lowest BCUT2D eigenvalue weighted by molar-refractivity contribution is 0.123. The van der Waals surface area contributed by atoms with Crippen molar-refractivity contribution in [3.05, 3.63) is 35.9 Å². The van der Waals surface area contributed by atoms with E-state index in [1.54, 1.807) is 0 Å². The van der Waals surface area contributed by atoms with Crippen LogP contribution in [0.4, 0.5) is 0 Å². The van der Waals surface area contributed by atoms with Crippen LogP contribution in [0.1, 0.15) is 31.2 Å². The first kappa shape index (κ1) is 12.6. The Morgan fingerprint density at radius 3 is 2.76 bits per heavy atom. The van der Waals surface area contributed by atoms with Gasteiger partial charge in [0.1, 0.15) is 0 Å². The molecule has 1 aliphatic heterocycles. The topological polar surface area (TPSA) is 21.3 Å². The normalized spacial score (nSPS) is 20.4. The second-order valence-corrected chi connectivity index (χ2v) is 4.78. The maximum atomic E-state index is 5.70. The molecule has 1 aromatic carbocycles. The minimum atomic E-state index is 0.695. The van der Waals surface area contributed by atoms with Crippen molar-refractivity contribution < 1.29 is 4.74 Å². The molecule has 0 radical (unpaired) electrons. The lowest BCUT2D eigenvalue weighted by atomic mass is 10.0. The van der Waals surface area contributed by atoms with E-state index < -0.39 is 0 Å². The molecule has 94 valence electrons. The molecule has 0 spiro atoms. The lowest BCUT2D eigenvalue weighted by Crippen LogP contribution is -2.34. The van der Waals surface area contributed by atoms with E-state index in [2.05, 4.69) is 35.6 Å². The van der Waals surface area contributed by atoms with Gasteiger partial charge in [0.25, 0.3) is 0 Å². The molecule has 1 atom stereocenters. The van der Waals surface area contributed by atoms with E-state index in [9.17, 15) is 0 Å². The van der Waals surface area contributed by atoms with Crippen LogP contribution in [0, 0.1) is 0 Å². The quantitative estimate of drug-likeness (QED) is 0.763. The Hall–Kier alpha value is -0.860. The van der Waals surface area contributed by atoms with Crippen molar-refractivity contribution in [3.63, 3.8) is 0 Å². The standard InChI is InChI=1S/C15H23NO/c1-2-6-14(7-3-1)9-12-17-13-10-15-8-4-5-11-16-15/h1-3,6-7,15-16H,4-5,8-13H2. The minimum absolute atomic E-state index is 0.695. The molecular formula is C15H23NO. The monoisotopic (exact) mass is 233 g/mol. The van der Waals surface area contributed by atoms with Crippen LogP contribution in [0.2, 0.25) is 0 Å². The van der Waals surface area contributed by atoms with Gasteiger partial charge in [0.05, 0.1) is 6.61 Å². The maximum absolute atomic E-state index is 5.70. The largest absolute Gasteiger partial charge is 0.381 e. The molecule has 0 aromatic heterocycles. The molecule has 2 rings (SSSR count). The van der Waals surface area contributed by atoms with Gasteiger partial charge in [0, 0.05) is 12.6 Å². The van der Waals surface area contributed by atoms with Crippen LogP contribution in [0.3, 0.4) is 0 Å². The van der Waals surface area contributed by atoms with Gasteiger partial charge in [-0.15, -0.1) is 0 Å². The van der Waals surface area contributed by atoms with E-state index >= 15 is 0 Å². The van der Waals surface area contributed by atoms with Gasteiger partial charge in [-0.3, -0.25) is 0 Å². The summed E-state index contributed by atoms with van der Waals surface area (Å²) in [6.07, 6.45) is 6.23. The highest BCUT2D eigenvalue weighted by Gasteiger charge is 2.11. The van der Waals surface area contributed by atoms with E-state index in [1.807, 2.05) is 0 Å². The van der Waals surface area contributed by atoms with Crippen molar-refractivity contribution >= 4 is 0 Å². The van der Waals surface area contributed by atoms with Gasteiger partial charge >= 0.3 is 0 Å². The SMILES string of the molecule is c1ccc(CCOCCC2CCCCN2)cc1. The van der Waals surface area contributed by atoms with Gasteiger partial charge in [-0.1, -0.05) is 36.8 Å². The molecule has 0 saturated carbocycles. The first-order chi connectivity index (χ1) is 8.45. The molecule has 1 saturated heterocycles. The van der Waals surface area contributed by atoms with E-state index in [4.69, 9.17) is 4.74 Å². The fourth-order valence-electron chi connectivity index (χ4n) is 2.33. The van der Waals surface area contributed by atoms with Crippen LogP contribution in [0.25, 0.3) is 0 Å². The van der Waals surface area contributed by atoms with Crippen LogP contribution >= 0.6 is 0 Å². The molecular weight excluding hydrogens is 210 g/mol. The van der Waals surface area contributed by atoms with E-state index in [0.29, 0.717) is 6.04 Å². The van der Waals surface area contributed by atoms with Gasteiger partial charge in [-0.2, -0.15) is 0 Å². The number of rotatable bonds is 6. The molecule has 0 aliphatic carbocycles. The van der Waals surface area contributed by atoms with Crippen molar-refractivity contribution in [2.75, 3.05) is 19.8 Å². The Labute approximate surface area is 104 Å². The Morgan fingerprint density at radius 2 is 2.00 bits per heavy atom. The number of hydrogen-bond donors (Lipinski definition) is 1. The number of benzene rings is 1. The van der Waals surface area contributed by atoms with Crippen molar-refractivity contribution in [1.29, 1.82) is 0 Å². The molecule has 17 heavy (non-hydrogen) atoms. The van der Waals surface area contributed by atoms with Gasteiger partial charge in [0.2, 0.25) is 0 Å². The maximum Gasteiger partial charge on any atom is 0.0506 e. The smallest absolute Gasteiger partial charge is 0.0506 e. The average molecular weight is 233 g/mol. The van der Waals surface area contributed by atoms with E-state index in [-0.39, 0.29) is 0 Å².